The average molecular weight is 376 g/mol. The van der Waals surface area contributed by atoms with Crippen molar-refractivity contribution in [3.63, 3.8) is 0 Å². The zero-order valence-electron chi connectivity index (χ0n) is 17.4. The predicted molar refractivity (Wildman–Crippen MR) is 114 cm³/mol. The first-order valence-corrected chi connectivity index (χ1v) is 12.7. The zero-order valence-corrected chi connectivity index (χ0v) is 18.4. The minimum atomic E-state index is -1.72. The van der Waals surface area contributed by atoms with E-state index in [2.05, 4.69) is 77.0 Å². The van der Waals surface area contributed by atoms with Gasteiger partial charge in [0, 0.05) is 12.0 Å². The van der Waals surface area contributed by atoms with E-state index in [1.807, 2.05) is 6.07 Å². The molecule has 1 aliphatic carbocycles. The van der Waals surface area contributed by atoms with Gasteiger partial charge in [-0.1, -0.05) is 64.1 Å². The van der Waals surface area contributed by atoms with Crippen LogP contribution in [0, 0.1) is 5.92 Å². The molecule has 4 heteroatoms. The summed E-state index contributed by atoms with van der Waals surface area (Å²) in [6.45, 7) is 8.96. The van der Waals surface area contributed by atoms with Crippen molar-refractivity contribution in [1.29, 1.82) is 0 Å². The Morgan fingerprint density at radius 1 is 1.08 bits per heavy atom. The topological polar surface area (TPSA) is 32.7 Å². The van der Waals surface area contributed by atoms with Gasteiger partial charge in [-0.2, -0.15) is 0 Å². The molecule has 0 unspecified atom stereocenters. The number of rotatable bonds is 7. The van der Waals surface area contributed by atoms with Crippen LogP contribution in [0.25, 0.3) is 5.57 Å². The largest absolute Gasteiger partial charge is 0.413 e. The molecule has 0 saturated heterocycles. The van der Waals surface area contributed by atoms with Crippen LogP contribution in [0.1, 0.15) is 39.7 Å². The van der Waals surface area contributed by atoms with Crippen molar-refractivity contribution in [2.75, 3.05) is 14.1 Å². The SMILES string of the molecule is CC[Si](CC)(CC)O[C@H]1C[C@@H](N(C)C)C(c2ccccc2)=C[C@@H](O)[C@@H]1C. The Kier molecular flexibility index (Phi) is 7.65. The second-order valence-electron chi connectivity index (χ2n) is 7.95. The number of aliphatic hydroxyl groups excluding tert-OH is 1. The first-order chi connectivity index (χ1) is 12.4. The number of benzene rings is 1. The van der Waals surface area contributed by atoms with Gasteiger partial charge in [0.25, 0.3) is 0 Å². The van der Waals surface area contributed by atoms with E-state index >= 15 is 0 Å². The monoisotopic (exact) mass is 375 g/mol. The van der Waals surface area contributed by atoms with Crippen molar-refractivity contribution in [3.8, 4) is 0 Å². The predicted octanol–water partition coefficient (Wildman–Crippen LogP) is 4.79. The number of likely N-dealkylation sites (N-methyl/N-ethyl adjacent to an activating group) is 1. The summed E-state index contributed by atoms with van der Waals surface area (Å²) in [5.41, 5.74) is 2.42. The summed E-state index contributed by atoms with van der Waals surface area (Å²) in [7, 11) is 2.54. The molecule has 146 valence electrons. The third-order valence-electron chi connectivity index (χ3n) is 6.35. The second-order valence-corrected chi connectivity index (χ2v) is 12.7. The molecule has 1 aromatic carbocycles. The van der Waals surface area contributed by atoms with Crippen molar-refractivity contribution in [1.82, 2.24) is 4.90 Å². The molecule has 3 nitrogen and oxygen atoms in total. The first kappa shape index (κ1) is 21.4. The molecule has 26 heavy (non-hydrogen) atoms. The van der Waals surface area contributed by atoms with E-state index in [4.69, 9.17) is 4.43 Å². The fraction of sp³-hybridized carbons (Fsp3) is 0.636. The molecular weight excluding hydrogens is 338 g/mol. The molecule has 1 N–H and O–H groups in total. The Morgan fingerprint density at radius 2 is 1.65 bits per heavy atom. The molecule has 0 amide bonds. The van der Waals surface area contributed by atoms with Crippen LogP contribution >= 0.6 is 0 Å². The Hall–Kier alpha value is -0.943. The molecular formula is C22H37NO2Si. The molecule has 0 bridgehead atoms. The molecule has 0 saturated carbocycles. The summed E-state index contributed by atoms with van der Waals surface area (Å²) in [6, 6.07) is 14.1. The Labute approximate surface area is 161 Å². The van der Waals surface area contributed by atoms with Gasteiger partial charge in [0.2, 0.25) is 0 Å². The van der Waals surface area contributed by atoms with Gasteiger partial charge in [0.15, 0.2) is 8.32 Å². The van der Waals surface area contributed by atoms with Gasteiger partial charge >= 0.3 is 0 Å². The highest BCUT2D eigenvalue weighted by molar-refractivity contribution is 6.73. The van der Waals surface area contributed by atoms with Gasteiger partial charge in [-0.15, -0.1) is 0 Å². The first-order valence-electron chi connectivity index (χ1n) is 10.2. The normalized spacial score (nSPS) is 27.3. The fourth-order valence-corrected chi connectivity index (χ4v) is 7.07. The van der Waals surface area contributed by atoms with E-state index < -0.39 is 14.4 Å². The van der Waals surface area contributed by atoms with Gasteiger partial charge in [-0.3, -0.25) is 0 Å². The number of hydrogen-bond donors (Lipinski definition) is 1. The molecule has 0 radical (unpaired) electrons. The zero-order chi connectivity index (χ0) is 19.3. The quantitative estimate of drug-likeness (QED) is 0.695. The van der Waals surface area contributed by atoms with Crippen LogP contribution in [0.2, 0.25) is 18.1 Å². The second kappa shape index (κ2) is 9.31. The van der Waals surface area contributed by atoms with Gasteiger partial charge in [-0.25, -0.2) is 0 Å². The number of hydrogen-bond acceptors (Lipinski definition) is 3. The Balaban J connectivity index is 2.37. The summed E-state index contributed by atoms with van der Waals surface area (Å²) in [6.07, 6.45) is 2.63. The van der Waals surface area contributed by atoms with Crippen LogP contribution in [0.15, 0.2) is 36.4 Å². The van der Waals surface area contributed by atoms with Crippen LogP contribution in [0.5, 0.6) is 0 Å². The highest BCUT2D eigenvalue weighted by atomic mass is 28.4. The van der Waals surface area contributed by atoms with Crippen molar-refractivity contribution in [2.45, 2.75) is 70.5 Å². The maximum Gasteiger partial charge on any atom is 0.192 e. The van der Waals surface area contributed by atoms with E-state index in [1.165, 1.54) is 11.1 Å². The van der Waals surface area contributed by atoms with Crippen molar-refractivity contribution in [3.05, 3.63) is 42.0 Å². The molecule has 1 aromatic rings. The number of aliphatic hydroxyl groups is 1. The molecule has 0 heterocycles. The lowest BCUT2D eigenvalue weighted by Crippen LogP contribution is -2.45. The molecule has 4 atom stereocenters. The van der Waals surface area contributed by atoms with Gasteiger partial charge in [0.05, 0.1) is 12.2 Å². The minimum absolute atomic E-state index is 0.0985. The van der Waals surface area contributed by atoms with Crippen LogP contribution in [0.3, 0.4) is 0 Å². The standard InChI is InChI=1S/C22H37NO2Si/c1-7-26(8-2,9-3)25-22-16-20(23(5)6)19(15-21(24)17(22)4)18-13-11-10-12-14-18/h10-15,17,20-22,24H,7-9,16H2,1-6H3/t17-,20+,21+,22-/m0/s1. The van der Waals surface area contributed by atoms with Crippen LogP contribution in [-0.2, 0) is 4.43 Å². The van der Waals surface area contributed by atoms with Crippen LogP contribution < -0.4 is 0 Å². The fourth-order valence-electron chi connectivity index (χ4n) is 4.11. The Bertz CT molecular complexity index is 575. The van der Waals surface area contributed by atoms with E-state index in [0.717, 1.165) is 24.6 Å². The molecule has 0 fully saturated rings. The summed E-state index contributed by atoms with van der Waals surface area (Å²) in [5.74, 6) is 0.107. The van der Waals surface area contributed by atoms with Crippen molar-refractivity contribution >= 4 is 13.9 Å². The average Bonchev–Trinajstić information content (AvgIpc) is 2.78. The number of nitrogens with zero attached hydrogens (tertiary/aromatic N) is 1. The Morgan fingerprint density at radius 3 is 2.15 bits per heavy atom. The van der Waals surface area contributed by atoms with Crippen LogP contribution in [-0.4, -0.2) is 50.7 Å². The van der Waals surface area contributed by atoms with E-state index in [-0.39, 0.29) is 18.1 Å². The summed E-state index contributed by atoms with van der Waals surface area (Å²) >= 11 is 0. The summed E-state index contributed by atoms with van der Waals surface area (Å²) in [5, 5.41) is 10.9. The molecule has 0 aromatic heterocycles. The van der Waals surface area contributed by atoms with Gasteiger partial charge in [-0.05, 0) is 49.8 Å². The molecule has 2 rings (SSSR count). The summed E-state index contributed by atoms with van der Waals surface area (Å²) in [4.78, 5) is 2.27. The van der Waals surface area contributed by atoms with Crippen LogP contribution in [0.4, 0.5) is 0 Å². The van der Waals surface area contributed by atoms with Crippen molar-refractivity contribution < 1.29 is 9.53 Å². The lowest BCUT2D eigenvalue weighted by atomic mass is 9.94. The van der Waals surface area contributed by atoms with E-state index in [1.54, 1.807) is 0 Å². The molecule has 0 aliphatic heterocycles. The maximum atomic E-state index is 10.9. The maximum absolute atomic E-state index is 10.9. The highest BCUT2D eigenvalue weighted by Gasteiger charge is 2.39. The lowest BCUT2D eigenvalue weighted by molar-refractivity contribution is 0.0450. The van der Waals surface area contributed by atoms with Gasteiger partial charge < -0.3 is 14.4 Å². The smallest absolute Gasteiger partial charge is 0.192 e. The summed E-state index contributed by atoms with van der Waals surface area (Å²) < 4.78 is 6.87. The molecule has 1 aliphatic rings. The minimum Gasteiger partial charge on any atom is -0.413 e. The molecule has 0 spiro atoms. The third-order valence-corrected chi connectivity index (χ3v) is 11.0. The van der Waals surface area contributed by atoms with E-state index in [0.29, 0.717) is 0 Å². The third kappa shape index (κ3) is 4.66. The van der Waals surface area contributed by atoms with Crippen molar-refractivity contribution in [2.24, 2.45) is 5.92 Å². The highest BCUT2D eigenvalue weighted by Crippen LogP contribution is 2.36. The lowest BCUT2D eigenvalue weighted by Gasteiger charge is -2.38. The van der Waals surface area contributed by atoms with E-state index in [9.17, 15) is 5.11 Å². The van der Waals surface area contributed by atoms with Gasteiger partial charge in [0.1, 0.15) is 0 Å².